The molecule has 3 N–H and O–H groups in total. The molecular weight excluding hydrogens is 194 g/mol. The summed E-state index contributed by atoms with van der Waals surface area (Å²) in [7, 11) is 0. The van der Waals surface area contributed by atoms with Crippen molar-refractivity contribution in [1.29, 1.82) is 5.41 Å². The highest BCUT2D eigenvalue weighted by Crippen LogP contribution is 2.19. The largest absolute Gasteiger partial charge is 0.382 e. The number of nitrogens with zero attached hydrogens (tertiary/aromatic N) is 1. The molecule has 3 nitrogen and oxygen atoms in total. The van der Waals surface area contributed by atoms with Crippen molar-refractivity contribution < 1.29 is 0 Å². The number of thioether (sulfide) groups is 1. The summed E-state index contributed by atoms with van der Waals surface area (Å²) in [6.45, 7) is 4.37. The van der Waals surface area contributed by atoms with E-state index in [1.807, 2.05) is 6.07 Å². The zero-order chi connectivity index (χ0) is 10.6. The molecule has 1 rings (SSSR count). The summed E-state index contributed by atoms with van der Waals surface area (Å²) < 4.78 is 0. The van der Waals surface area contributed by atoms with Crippen LogP contribution in [0.5, 0.6) is 0 Å². The molecule has 14 heavy (non-hydrogen) atoms. The van der Waals surface area contributed by atoms with E-state index in [1.54, 1.807) is 24.0 Å². The van der Waals surface area contributed by atoms with E-state index in [0.29, 0.717) is 11.6 Å². The molecule has 0 aromatic carbocycles. The maximum atomic E-state index is 7.18. The lowest BCUT2D eigenvalue weighted by molar-refractivity contribution is 0.750. The van der Waals surface area contributed by atoms with Gasteiger partial charge in [0, 0.05) is 16.8 Å². The Morgan fingerprint density at radius 1 is 1.57 bits per heavy atom. The predicted molar refractivity (Wildman–Crippen MR) is 60.8 cm³/mol. The minimum absolute atomic E-state index is 0.0189. The van der Waals surface area contributed by atoms with Crippen molar-refractivity contribution in [2.75, 3.05) is 5.75 Å². The zero-order valence-electron chi connectivity index (χ0n) is 8.45. The third kappa shape index (κ3) is 3.38. The topological polar surface area (TPSA) is 62.8 Å². The van der Waals surface area contributed by atoms with Crippen LogP contribution in [0.3, 0.4) is 0 Å². The fourth-order valence-electron chi connectivity index (χ4n) is 0.888. The number of pyridine rings is 1. The van der Waals surface area contributed by atoms with Crippen molar-refractivity contribution in [2.24, 2.45) is 11.7 Å². The molecule has 0 fully saturated rings. The Kier molecular flexibility index (Phi) is 3.95. The van der Waals surface area contributed by atoms with Gasteiger partial charge in [0.15, 0.2) is 0 Å². The molecule has 0 aliphatic heterocycles. The highest BCUT2D eigenvalue weighted by atomic mass is 32.2. The van der Waals surface area contributed by atoms with E-state index in [2.05, 4.69) is 18.8 Å². The number of nitrogens with one attached hydrogen (secondary N) is 1. The van der Waals surface area contributed by atoms with Crippen molar-refractivity contribution >= 4 is 17.6 Å². The minimum Gasteiger partial charge on any atom is -0.382 e. The molecule has 0 amide bonds. The normalized spacial score (nSPS) is 10.5. The SMILES string of the molecule is CC(C)CSc1ccc(C(=N)N)nc1. The van der Waals surface area contributed by atoms with E-state index in [0.717, 1.165) is 10.6 Å². The van der Waals surface area contributed by atoms with Crippen LogP contribution in [0.15, 0.2) is 23.2 Å². The van der Waals surface area contributed by atoms with Gasteiger partial charge in [-0.25, -0.2) is 0 Å². The smallest absolute Gasteiger partial charge is 0.141 e. The first kappa shape index (κ1) is 11.0. The maximum absolute atomic E-state index is 7.18. The van der Waals surface area contributed by atoms with Crippen LogP contribution in [0.2, 0.25) is 0 Å². The van der Waals surface area contributed by atoms with Gasteiger partial charge in [0.1, 0.15) is 11.5 Å². The standard InChI is InChI=1S/C10H15N3S/c1-7(2)6-14-8-3-4-9(10(11)12)13-5-8/h3-5,7H,6H2,1-2H3,(H3,11,12). The highest BCUT2D eigenvalue weighted by Gasteiger charge is 2.00. The molecule has 0 unspecified atom stereocenters. The van der Waals surface area contributed by atoms with E-state index < -0.39 is 0 Å². The molecule has 0 saturated carbocycles. The van der Waals surface area contributed by atoms with Crippen molar-refractivity contribution in [3.05, 3.63) is 24.0 Å². The molecule has 1 aromatic rings. The van der Waals surface area contributed by atoms with Crippen LogP contribution in [0.25, 0.3) is 0 Å². The van der Waals surface area contributed by atoms with Crippen LogP contribution in [-0.4, -0.2) is 16.6 Å². The molecule has 1 heterocycles. The van der Waals surface area contributed by atoms with E-state index in [1.165, 1.54) is 0 Å². The van der Waals surface area contributed by atoms with Crippen molar-refractivity contribution in [1.82, 2.24) is 4.98 Å². The second-order valence-electron chi connectivity index (χ2n) is 3.50. The average Bonchev–Trinajstić information content (AvgIpc) is 2.15. The minimum atomic E-state index is 0.0189. The highest BCUT2D eigenvalue weighted by molar-refractivity contribution is 7.99. The Labute approximate surface area is 88.6 Å². The average molecular weight is 209 g/mol. The number of aromatic nitrogens is 1. The first-order valence-corrected chi connectivity index (χ1v) is 5.51. The molecular formula is C10H15N3S. The van der Waals surface area contributed by atoms with Gasteiger partial charge >= 0.3 is 0 Å². The van der Waals surface area contributed by atoms with Gasteiger partial charge in [-0.3, -0.25) is 10.4 Å². The van der Waals surface area contributed by atoms with E-state index in [9.17, 15) is 0 Å². The Morgan fingerprint density at radius 3 is 2.71 bits per heavy atom. The number of hydrogen-bond donors (Lipinski definition) is 2. The summed E-state index contributed by atoms with van der Waals surface area (Å²) in [4.78, 5) is 5.21. The number of nitrogen functional groups attached to an aromatic ring is 1. The molecule has 1 aromatic heterocycles. The van der Waals surface area contributed by atoms with Crippen LogP contribution in [0.1, 0.15) is 19.5 Å². The van der Waals surface area contributed by atoms with Crippen molar-refractivity contribution in [3.8, 4) is 0 Å². The van der Waals surface area contributed by atoms with Crippen molar-refractivity contribution in [2.45, 2.75) is 18.7 Å². The second kappa shape index (κ2) is 5.00. The Balaban J connectivity index is 2.60. The van der Waals surface area contributed by atoms with Gasteiger partial charge in [-0.05, 0) is 18.1 Å². The lowest BCUT2D eigenvalue weighted by Gasteiger charge is -2.04. The molecule has 4 heteroatoms. The quantitative estimate of drug-likeness (QED) is 0.453. The van der Waals surface area contributed by atoms with Gasteiger partial charge in [-0.15, -0.1) is 11.8 Å². The second-order valence-corrected chi connectivity index (χ2v) is 4.59. The number of nitrogens with two attached hydrogens (primary N) is 1. The fourth-order valence-corrected chi connectivity index (χ4v) is 1.71. The maximum Gasteiger partial charge on any atom is 0.141 e. The van der Waals surface area contributed by atoms with Crippen LogP contribution in [-0.2, 0) is 0 Å². The first-order chi connectivity index (χ1) is 6.59. The molecule has 0 spiro atoms. The summed E-state index contributed by atoms with van der Waals surface area (Å²) in [5.74, 6) is 1.78. The van der Waals surface area contributed by atoms with Crippen LogP contribution < -0.4 is 5.73 Å². The lowest BCUT2D eigenvalue weighted by Crippen LogP contribution is -2.12. The molecule has 0 aliphatic rings. The molecule has 0 saturated heterocycles. The van der Waals surface area contributed by atoms with Gasteiger partial charge in [0.2, 0.25) is 0 Å². The summed E-state index contributed by atoms with van der Waals surface area (Å²) in [5, 5.41) is 7.18. The number of hydrogen-bond acceptors (Lipinski definition) is 3. The van der Waals surface area contributed by atoms with Gasteiger partial charge in [-0.1, -0.05) is 13.8 Å². The summed E-state index contributed by atoms with van der Waals surface area (Å²) in [6.07, 6.45) is 1.77. The predicted octanol–water partition coefficient (Wildman–Crippen LogP) is 2.11. The third-order valence-corrected chi connectivity index (χ3v) is 3.00. The Hall–Kier alpha value is -1.03. The number of rotatable bonds is 4. The summed E-state index contributed by atoms with van der Waals surface area (Å²) in [6, 6.07) is 3.74. The van der Waals surface area contributed by atoms with Crippen molar-refractivity contribution in [3.63, 3.8) is 0 Å². The van der Waals surface area contributed by atoms with E-state index in [-0.39, 0.29) is 5.84 Å². The zero-order valence-corrected chi connectivity index (χ0v) is 9.27. The van der Waals surface area contributed by atoms with Crippen LogP contribution >= 0.6 is 11.8 Å². The monoisotopic (exact) mass is 209 g/mol. The Bertz CT molecular complexity index is 306. The molecule has 0 aliphatic carbocycles. The molecule has 0 bridgehead atoms. The lowest BCUT2D eigenvalue weighted by atomic mass is 10.3. The Morgan fingerprint density at radius 2 is 2.29 bits per heavy atom. The molecule has 76 valence electrons. The summed E-state index contributed by atoms with van der Waals surface area (Å²) >= 11 is 1.78. The molecule has 0 radical (unpaired) electrons. The van der Waals surface area contributed by atoms with Crippen LogP contribution in [0.4, 0.5) is 0 Å². The fraction of sp³-hybridized carbons (Fsp3) is 0.400. The number of amidine groups is 1. The van der Waals surface area contributed by atoms with Gasteiger partial charge in [0.05, 0.1) is 0 Å². The van der Waals surface area contributed by atoms with E-state index >= 15 is 0 Å². The third-order valence-electron chi connectivity index (χ3n) is 1.60. The molecule has 0 atom stereocenters. The van der Waals surface area contributed by atoms with Gasteiger partial charge < -0.3 is 5.73 Å². The van der Waals surface area contributed by atoms with E-state index in [4.69, 9.17) is 11.1 Å². The van der Waals surface area contributed by atoms with Crippen LogP contribution in [0, 0.1) is 11.3 Å². The summed E-state index contributed by atoms with van der Waals surface area (Å²) in [5.41, 5.74) is 5.84. The van der Waals surface area contributed by atoms with Gasteiger partial charge in [-0.2, -0.15) is 0 Å². The first-order valence-electron chi connectivity index (χ1n) is 4.53. The van der Waals surface area contributed by atoms with Gasteiger partial charge in [0.25, 0.3) is 0 Å².